The van der Waals surface area contributed by atoms with E-state index in [1.807, 2.05) is 0 Å². The molecule has 0 unspecified atom stereocenters. The summed E-state index contributed by atoms with van der Waals surface area (Å²) in [6.07, 6.45) is 0.135. The lowest BCUT2D eigenvalue weighted by molar-refractivity contribution is -0.139. The Bertz CT molecular complexity index is 728. The predicted octanol–water partition coefficient (Wildman–Crippen LogP) is 1.40. The Kier molecular flexibility index (Phi) is 7.53. The van der Waals surface area contributed by atoms with Crippen molar-refractivity contribution >= 4 is 22.0 Å². The summed E-state index contributed by atoms with van der Waals surface area (Å²) in [5.41, 5.74) is 0.481. The van der Waals surface area contributed by atoms with Gasteiger partial charge in [-0.1, -0.05) is 13.8 Å². The molecule has 0 spiro atoms. The van der Waals surface area contributed by atoms with Crippen LogP contribution in [-0.4, -0.2) is 45.7 Å². The van der Waals surface area contributed by atoms with E-state index in [0.29, 0.717) is 5.56 Å². The maximum absolute atomic E-state index is 12.6. The number of hydrogen-bond acceptors (Lipinski definition) is 6. The quantitative estimate of drug-likeness (QED) is 0.628. The maximum atomic E-state index is 12.6. The summed E-state index contributed by atoms with van der Waals surface area (Å²) in [6.45, 7) is 3.67. The lowest BCUT2D eigenvalue weighted by Crippen LogP contribution is -2.41. The highest BCUT2D eigenvalue weighted by molar-refractivity contribution is 7.89. The van der Waals surface area contributed by atoms with Crippen molar-refractivity contribution < 1.29 is 32.6 Å². The Balaban J connectivity index is 3.28. The zero-order valence-corrected chi connectivity index (χ0v) is 15.4. The molecule has 1 aromatic carbocycles. The van der Waals surface area contributed by atoms with E-state index in [2.05, 4.69) is 9.46 Å². The highest BCUT2D eigenvalue weighted by atomic mass is 32.2. The lowest BCUT2D eigenvalue weighted by atomic mass is 10.1. The number of hydrogen-bond donors (Lipinski definition) is 2. The number of carboxylic acid groups (broad SMARTS) is 1. The largest absolute Gasteiger partial charge is 0.480 e. The van der Waals surface area contributed by atoms with Crippen LogP contribution in [0.25, 0.3) is 0 Å². The number of sulfonamides is 1. The zero-order chi connectivity index (χ0) is 19.2. The number of aliphatic carboxylic acids is 1. The van der Waals surface area contributed by atoms with Crippen LogP contribution in [0.5, 0.6) is 0 Å². The molecular formula is C16H23NO7S. The van der Waals surface area contributed by atoms with Gasteiger partial charge in [-0.2, -0.15) is 4.72 Å². The molecule has 0 heterocycles. The summed E-state index contributed by atoms with van der Waals surface area (Å²) in [4.78, 5) is 22.8. The summed E-state index contributed by atoms with van der Waals surface area (Å²) < 4.78 is 36.9. The van der Waals surface area contributed by atoms with Crippen LogP contribution in [0.15, 0.2) is 23.1 Å². The van der Waals surface area contributed by atoms with Crippen molar-refractivity contribution in [2.45, 2.75) is 37.8 Å². The Labute approximate surface area is 147 Å². The van der Waals surface area contributed by atoms with Crippen LogP contribution < -0.4 is 4.72 Å². The lowest BCUT2D eigenvalue weighted by Gasteiger charge is -2.17. The fraction of sp³-hybridized carbons (Fsp3) is 0.500. The second-order valence-electron chi connectivity index (χ2n) is 5.93. The molecule has 0 radical (unpaired) electrons. The predicted molar refractivity (Wildman–Crippen MR) is 89.7 cm³/mol. The van der Waals surface area contributed by atoms with Crippen molar-refractivity contribution in [1.29, 1.82) is 0 Å². The number of carbonyl (C=O) groups excluding carboxylic acids is 1. The summed E-state index contributed by atoms with van der Waals surface area (Å²) in [7, 11) is -1.54. The van der Waals surface area contributed by atoms with Crippen LogP contribution in [0.2, 0.25) is 0 Å². The molecule has 2 N–H and O–H groups in total. The van der Waals surface area contributed by atoms with Crippen molar-refractivity contribution in [3.8, 4) is 0 Å². The van der Waals surface area contributed by atoms with Crippen LogP contribution in [0.1, 0.15) is 36.2 Å². The molecule has 0 saturated carbocycles. The van der Waals surface area contributed by atoms with E-state index >= 15 is 0 Å². The van der Waals surface area contributed by atoms with Gasteiger partial charge in [-0.05, 0) is 36.1 Å². The van der Waals surface area contributed by atoms with E-state index in [4.69, 9.17) is 4.74 Å². The van der Waals surface area contributed by atoms with Crippen LogP contribution in [0, 0.1) is 5.92 Å². The van der Waals surface area contributed by atoms with Crippen molar-refractivity contribution in [3.63, 3.8) is 0 Å². The van der Waals surface area contributed by atoms with E-state index in [-0.39, 0.29) is 29.4 Å². The minimum absolute atomic E-state index is 0.0192. The van der Waals surface area contributed by atoms with Crippen LogP contribution in [0.4, 0.5) is 0 Å². The van der Waals surface area contributed by atoms with Gasteiger partial charge in [0, 0.05) is 7.11 Å². The molecule has 0 aliphatic heterocycles. The minimum Gasteiger partial charge on any atom is -0.480 e. The molecule has 0 amide bonds. The van der Waals surface area contributed by atoms with Gasteiger partial charge in [0.2, 0.25) is 10.0 Å². The number of methoxy groups -OCH3 is 2. The number of ether oxygens (including phenoxy) is 2. The smallest absolute Gasteiger partial charge is 0.337 e. The van der Waals surface area contributed by atoms with Gasteiger partial charge in [0.15, 0.2) is 0 Å². The summed E-state index contributed by atoms with van der Waals surface area (Å²) in [6, 6.07) is 2.66. The maximum Gasteiger partial charge on any atom is 0.337 e. The average molecular weight is 373 g/mol. The van der Waals surface area contributed by atoms with Crippen LogP contribution in [0.3, 0.4) is 0 Å². The van der Waals surface area contributed by atoms with Gasteiger partial charge in [-0.15, -0.1) is 0 Å². The van der Waals surface area contributed by atoms with E-state index < -0.39 is 28.0 Å². The second-order valence-corrected chi connectivity index (χ2v) is 7.65. The van der Waals surface area contributed by atoms with Crippen molar-refractivity contribution in [2.24, 2.45) is 5.92 Å². The molecule has 1 rings (SSSR count). The van der Waals surface area contributed by atoms with Gasteiger partial charge in [0.1, 0.15) is 6.04 Å². The Morgan fingerprint density at radius 3 is 2.32 bits per heavy atom. The highest BCUT2D eigenvalue weighted by Gasteiger charge is 2.27. The fourth-order valence-electron chi connectivity index (χ4n) is 2.23. The van der Waals surface area contributed by atoms with Crippen molar-refractivity contribution in [3.05, 3.63) is 29.3 Å². The molecule has 0 saturated heterocycles. The van der Waals surface area contributed by atoms with E-state index in [9.17, 15) is 23.1 Å². The van der Waals surface area contributed by atoms with E-state index in [1.54, 1.807) is 13.8 Å². The topological polar surface area (TPSA) is 119 Å². The van der Waals surface area contributed by atoms with E-state index in [0.717, 1.165) is 6.07 Å². The Morgan fingerprint density at radius 1 is 1.20 bits per heavy atom. The monoisotopic (exact) mass is 373 g/mol. The molecule has 0 aliphatic carbocycles. The average Bonchev–Trinajstić information content (AvgIpc) is 2.52. The minimum atomic E-state index is -4.15. The fourth-order valence-corrected chi connectivity index (χ4v) is 3.52. The number of rotatable bonds is 9. The van der Waals surface area contributed by atoms with E-state index in [1.165, 1.54) is 26.4 Å². The molecule has 1 aromatic rings. The summed E-state index contributed by atoms with van der Waals surface area (Å²) in [5.74, 6) is -1.99. The van der Waals surface area contributed by atoms with Crippen LogP contribution >= 0.6 is 0 Å². The normalized spacial score (nSPS) is 12.8. The molecule has 8 nitrogen and oxygen atoms in total. The van der Waals surface area contributed by atoms with Crippen molar-refractivity contribution in [2.75, 3.05) is 14.2 Å². The number of benzene rings is 1. The number of carbonyl (C=O) groups is 2. The third-order valence-corrected chi connectivity index (χ3v) is 4.76. The Morgan fingerprint density at radius 2 is 1.84 bits per heavy atom. The van der Waals surface area contributed by atoms with Gasteiger partial charge < -0.3 is 14.6 Å². The first-order valence-electron chi connectivity index (χ1n) is 7.57. The molecule has 140 valence electrons. The number of nitrogens with one attached hydrogen (secondary N) is 1. The van der Waals surface area contributed by atoms with Gasteiger partial charge in [-0.25, -0.2) is 13.2 Å². The summed E-state index contributed by atoms with van der Waals surface area (Å²) >= 11 is 0. The molecular weight excluding hydrogens is 350 g/mol. The molecule has 25 heavy (non-hydrogen) atoms. The molecule has 0 bridgehead atoms. The standard InChI is InChI=1S/C16H23NO7S/c1-10(2)5-14(15(18)19)17-25(21,22)13-7-11(9-23-3)6-12(8-13)16(20)24-4/h6-8,10,14,17H,5,9H2,1-4H3,(H,18,19)/t14-/m0/s1. The third-order valence-electron chi connectivity index (χ3n) is 3.31. The first-order valence-corrected chi connectivity index (χ1v) is 9.05. The molecule has 0 aromatic heterocycles. The molecule has 1 atom stereocenters. The van der Waals surface area contributed by atoms with Crippen molar-refractivity contribution in [1.82, 2.24) is 4.72 Å². The summed E-state index contributed by atoms with van der Waals surface area (Å²) in [5, 5.41) is 9.23. The third kappa shape index (κ3) is 6.11. The first kappa shape index (κ1) is 21.1. The molecule has 0 fully saturated rings. The van der Waals surface area contributed by atoms with Crippen LogP contribution in [-0.2, 0) is 30.9 Å². The van der Waals surface area contributed by atoms with Gasteiger partial charge in [-0.3, -0.25) is 4.79 Å². The number of esters is 1. The second kappa shape index (κ2) is 8.93. The molecule has 9 heteroatoms. The molecule has 0 aliphatic rings. The highest BCUT2D eigenvalue weighted by Crippen LogP contribution is 2.18. The number of carboxylic acids is 1. The SMILES string of the molecule is COCc1cc(C(=O)OC)cc(S(=O)(=O)N[C@@H](CC(C)C)C(=O)O)c1. The zero-order valence-electron chi connectivity index (χ0n) is 14.6. The first-order chi connectivity index (χ1) is 11.6. The van der Waals surface area contributed by atoms with Gasteiger partial charge in [0.25, 0.3) is 0 Å². The Hall–Kier alpha value is -1.97. The van der Waals surface area contributed by atoms with Gasteiger partial charge >= 0.3 is 11.9 Å². The van der Waals surface area contributed by atoms with Gasteiger partial charge in [0.05, 0.1) is 24.2 Å².